The van der Waals surface area contributed by atoms with Gasteiger partial charge in [-0.25, -0.2) is 13.4 Å². The molecule has 0 saturated carbocycles. The Morgan fingerprint density at radius 1 is 1.56 bits per heavy atom. The lowest BCUT2D eigenvalue weighted by Crippen LogP contribution is -2.38. The van der Waals surface area contributed by atoms with Crippen molar-refractivity contribution in [1.29, 1.82) is 0 Å². The van der Waals surface area contributed by atoms with E-state index in [-0.39, 0.29) is 29.1 Å². The number of anilines is 1. The Kier molecular flexibility index (Phi) is 3.25. The maximum Gasteiger partial charge on any atom is 0.274 e. The molecule has 0 radical (unpaired) electrons. The predicted octanol–water partition coefficient (Wildman–Crippen LogP) is -0.0771. The molecule has 1 fully saturated rings. The van der Waals surface area contributed by atoms with Crippen LogP contribution in [0.25, 0.3) is 0 Å². The molecule has 1 aromatic rings. The summed E-state index contributed by atoms with van der Waals surface area (Å²) in [5.41, 5.74) is 6.15. The zero-order chi connectivity index (χ0) is 13.3. The number of carbonyl (C=O) groups is 1. The van der Waals surface area contributed by atoms with Gasteiger partial charge in [0, 0.05) is 19.3 Å². The topological polar surface area (TPSA) is 93.4 Å². The highest BCUT2D eigenvalue weighted by atomic mass is 32.2. The summed E-state index contributed by atoms with van der Waals surface area (Å²) in [6, 6.07) is 2.95. The van der Waals surface area contributed by atoms with Gasteiger partial charge in [0.2, 0.25) is 0 Å². The maximum absolute atomic E-state index is 12.2. The first-order valence-electron chi connectivity index (χ1n) is 5.59. The van der Waals surface area contributed by atoms with Crippen molar-refractivity contribution < 1.29 is 13.2 Å². The second-order valence-electron chi connectivity index (χ2n) is 4.41. The number of nitrogens with zero attached hydrogens (tertiary/aromatic N) is 2. The van der Waals surface area contributed by atoms with E-state index in [2.05, 4.69) is 4.98 Å². The molecule has 0 aromatic carbocycles. The fraction of sp³-hybridized carbons (Fsp3) is 0.455. The Morgan fingerprint density at radius 2 is 2.28 bits per heavy atom. The van der Waals surface area contributed by atoms with E-state index in [1.54, 1.807) is 19.2 Å². The van der Waals surface area contributed by atoms with Crippen LogP contribution in [0.5, 0.6) is 0 Å². The number of aromatic nitrogens is 1. The molecule has 0 aliphatic carbocycles. The largest absolute Gasteiger partial charge is 0.397 e. The lowest BCUT2D eigenvalue weighted by atomic mass is 10.2. The van der Waals surface area contributed by atoms with Crippen LogP contribution in [0.15, 0.2) is 18.3 Å². The van der Waals surface area contributed by atoms with Gasteiger partial charge < -0.3 is 10.6 Å². The van der Waals surface area contributed by atoms with Crippen molar-refractivity contribution >= 4 is 21.4 Å². The van der Waals surface area contributed by atoms with Crippen molar-refractivity contribution in [2.75, 3.05) is 24.3 Å². The fourth-order valence-electron chi connectivity index (χ4n) is 2.01. The highest BCUT2D eigenvalue weighted by Crippen LogP contribution is 2.19. The SMILES string of the molecule is CN(C(=O)c1ncccc1N)C1CCS(=O)(=O)C1. The lowest BCUT2D eigenvalue weighted by molar-refractivity contribution is 0.0743. The summed E-state index contributed by atoms with van der Waals surface area (Å²) in [6.07, 6.45) is 1.96. The van der Waals surface area contributed by atoms with Gasteiger partial charge in [-0.1, -0.05) is 0 Å². The molecule has 1 aromatic heterocycles. The standard InChI is InChI=1S/C11H15N3O3S/c1-14(8-4-6-18(16,17)7-8)11(15)10-9(12)3-2-5-13-10/h2-3,5,8H,4,6-7,12H2,1H3. The van der Waals surface area contributed by atoms with E-state index >= 15 is 0 Å². The van der Waals surface area contributed by atoms with Gasteiger partial charge in [0.1, 0.15) is 0 Å². The Balaban J connectivity index is 2.18. The van der Waals surface area contributed by atoms with Crippen LogP contribution in [-0.2, 0) is 9.84 Å². The van der Waals surface area contributed by atoms with Crippen molar-refractivity contribution in [3.8, 4) is 0 Å². The van der Waals surface area contributed by atoms with Crippen LogP contribution in [0.4, 0.5) is 5.69 Å². The first kappa shape index (κ1) is 12.8. The van der Waals surface area contributed by atoms with Crippen molar-refractivity contribution in [1.82, 2.24) is 9.88 Å². The van der Waals surface area contributed by atoms with Gasteiger partial charge in [-0.2, -0.15) is 0 Å². The molecule has 2 rings (SSSR count). The van der Waals surface area contributed by atoms with Gasteiger partial charge in [-0.3, -0.25) is 4.79 Å². The second-order valence-corrected chi connectivity index (χ2v) is 6.64. The van der Waals surface area contributed by atoms with Gasteiger partial charge in [0.15, 0.2) is 15.5 Å². The Morgan fingerprint density at radius 3 is 2.83 bits per heavy atom. The van der Waals surface area contributed by atoms with E-state index in [1.807, 2.05) is 0 Å². The first-order valence-corrected chi connectivity index (χ1v) is 7.41. The summed E-state index contributed by atoms with van der Waals surface area (Å²) in [4.78, 5) is 17.5. The van der Waals surface area contributed by atoms with Crippen molar-refractivity contribution in [2.24, 2.45) is 0 Å². The molecule has 7 heteroatoms. The smallest absolute Gasteiger partial charge is 0.274 e. The molecule has 0 bridgehead atoms. The third-order valence-electron chi connectivity index (χ3n) is 3.12. The second kappa shape index (κ2) is 4.56. The third kappa shape index (κ3) is 2.45. The van der Waals surface area contributed by atoms with E-state index in [0.717, 1.165) is 0 Å². The van der Waals surface area contributed by atoms with Crippen LogP contribution in [0.1, 0.15) is 16.9 Å². The third-order valence-corrected chi connectivity index (χ3v) is 4.87. The zero-order valence-electron chi connectivity index (χ0n) is 10.0. The quantitative estimate of drug-likeness (QED) is 0.810. The summed E-state index contributed by atoms with van der Waals surface area (Å²) < 4.78 is 22.8. The van der Waals surface area contributed by atoms with Crippen molar-refractivity contribution in [2.45, 2.75) is 12.5 Å². The number of rotatable bonds is 2. The number of nitrogen functional groups attached to an aromatic ring is 1. The molecule has 0 spiro atoms. The molecule has 98 valence electrons. The average Bonchev–Trinajstić information content (AvgIpc) is 2.68. The number of carbonyl (C=O) groups excluding carboxylic acids is 1. The molecule has 1 amide bonds. The highest BCUT2D eigenvalue weighted by Gasteiger charge is 2.33. The number of hydrogen-bond donors (Lipinski definition) is 1. The normalized spacial score (nSPS) is 21.7. The molecule has 1 aliphatic heterocycles. The van der Waals surface area contributed by atoms with E-state index in [1.165, 1.54) is 11.1 Å². The first-order chi connectivity index (χ1) is 8.41. The summed E-state index contributed by atoms with van der Waals surface area (Å²) in [6.45, 7) is 0. The van der Waals surface area contributed by atoms with E-state index < -0.39 is 9.84 Å². The van der Waals surface area contributed by atoms with Crippen molar-refractivity contribution in [3.05, 3.63) is 24.0 Å². The monoisotopic (exact) mass is 269 g/mol. The van der Waals surface area contributed by atoms with Crippen LogP contribution < -0.4 is 5.73 Å². The van der Waals surface area contributed by atoms with E-state index in [4.69, 9.17) is 5.73 Å². The molecule has 1 aliphatic rings. The van der Waals surface area contributed by atoms with Crippen LogP contribution in [0, 0.1) is 0 Å². The van der Waals surface area contributed by atoms with Crippen LogP contribution in [0.3, 0.4) is 0 Å². The van der Waals surface area contributed by atoms with Crippen LogP contribution >= 0.6 is 0 Å². The maximum atomic E-state index is 12.2. The van der Waals surface area contributed by atoms with Crippen LogP contribution in [0.2, 0.25) is 0 Å². The van der Waals surface area contributed by atoms with Crippen LogP contribution in [-0.4, -0.2) is 48.8 Å². The number of pyridine rings is 1. The van der Waals surface area contributed by atoms with Gasteiger partial charge in [-0.05, 0) is 18.6 Å². The zero-order valence-corrected chi connectivity index (χ0v) is 10.9. The Labute approximate surface area is 106 Å². The predicted molar refractivity (Wildman–Crippen MR) is 67.8 cm³/mol. The lowest BCUT2D eigenvalue weighted by Gasteiger charge is -2.23. The molecular formula is C11H15N3O3S. The summed E-state index contributed by atoms with van der Waals surface area (Å²) in [5, 5.41) is 0. The van der Waals surface area contributed by atoms with Gasteiger partial charge in [0.25, 0.3) is 5.91 Å². The molecule has 2 N–H and O–H groups in total. The Hall–Kier alpha value is -1.63. The molecule has 18 heavy (non-hydrogen) atoms. The molecule has 1 saturated heterocycles. The summed E-state index contributed by atoms with van der Waals surface area (Å²) in [7, 11) is -1.43. The molecule has 2 heterocycles. The highest BCUT2D eigenvalue weighted by molar-refractivity contribution is 7.91. The summed E-state index contributed by atoms with van der Waals surface area (Å²) >= 11 is 0. The van der Waals surface area contributed by atoms with Gasteiger partial charge >= 0.3 is 0 Å². The summed E-state index contributed by atoms with van der Waals surface area (Å²) in [5.74, 6) is -0.190. The number of amides is 1. The molecule has 1 atom stereocenters. The fourth-order valence-corrected chi connectivity index (χ4v) is 3.78. The number of sulfone groups is 1. The van der Waals surface area contributed by atoms with Crippen molar-refractivity contribution in [3.63, 3.8) is 0 Å². The molecule has 6 nitrogen and oxygen atoms in total. The molecular weight excluding hydrogens is 254 g/mol. The minimum absolute atomic E-state index is 0.0159. The Bertz CT molecular complexity index is 571. The minimum Gasteiger partial charge on any atom is -0.397 e. The number of hydrogen-bond acceptors (Lipinski definition) is 5. The minimum atomic E-state index is -3.01. The van der Waals surface area contributed by atoms with E-state index in [9.17, 15) is 13.2 Å². The number of nitrogens with two attached hydrogens (primary N) is 1. The van der Waals surface area contributed by atoms with E-state index in [0.29, 0.717) is 12.1 Å². The van der Waals surface area contributed by atoms with Gasteiger partial charge in [-0.15, -0.1) is 0 Å². The molecule has 1 unspecified atom stereocenters. The average molecular weight is 269 g/mol. The van der Waals surface area contributed by atoms with Gasteiger partial charge in [0.05, 0.1) is 17.2 Å².